The number of hydrogen-bond acceptors (Lipinski definition) is 2. The zero-order valence-corrected chi connectivity index (χ0v) is 6.56. The summed E-state index contributed by atoms with van der Waals surface area (Å²) >= 11 is 5.58. The third kappa shape index (κ3) is 1.50. The molecular weight excluding hydrogens is 152 g/mol. The lowest BCUT2D eigenvalue weighted by Crippen LogP contribution is -2.39. The molecule has 3 heteroatoms. The lowest BCUT2D eigenvalue weighted by Gasteiger charge is -2.29. The summed E-state index contributed by atoms with van der Waals surface area (Å²) < 4.78 is 5.26. The summed E-state index contributed by atoms with van der Waals surface area (Å²) in [4.78, 5) is 10.5. The van der Waals surface area contributed by atoms with Gasteiger partial charge in [-0.25, -0.2) is 0 Å². The second-order valence-corrected chi connectivity index (χ2v) is 2.89. The van der Waals surface area contributed by atoms with Gasteiger partial charge in [-0.05, 0) is 19.3 Å². The van der Waals surface area contributed by atoms with E-state index in [1.165, 1.54) is 0 Å². The molecule has 1 aliphatic heterocycles. The highest BCUT2D eigenvalue weighted by Crippen LogP contribution is 2.23. The average molecular weight is 163 g/mol. The van der Waals surface area contributed by atoms with Gasteiger partial charge >= 0.3 is 0 Å². The van der Waals surface area contributed by atoms with Crippen molar-refractivity contribution in [2.75, 3.05) is 12.5 Å². The van der Waals surface area contributed by atoms with Crippen LogP contribution in [0.1, 0.15) is 19.3 Å². The smallest absolute Gasteiger partial charge is 0.153 e. The third-order valence-electron chi connectivity index (χ3n) is 1.82. The van der Waals surface area contributed by atoms with Crippen molar-refractivity contribution in [1.82, 2.24) is 0 Å². The van der Waals surface area contributed by atoms with Crippen LogP contribution in [-0.4, -0.2) is 24.4 Å². The van der Waals surface area contributed by atoms with Crippen molar-refractivity contribution in [3.63, 3.8) is 0 Å². The van der Waals surface area contributed by atoms with E-state index < -0.39 is 5.60 Å². The molecule has 0 aromatic heterocycles. The predicted molar refractivity (Wildman–Crippen MR) is 39.3 cm³/mol. The maximum Gasteiger partial charge on any atom is 0.153 e. The van der Waals surface area contributed by atoms with E-state index in [9.17, 15) is 4.79 Å². The molecule has 0 radical (unpaired) electrons. The Labute approximate surface area is 65.5 Å². The highest BCUT2D eigenvalue weighted by Gasteiger charge is 2.31. The van der Waals surface area contributed by atoms with Crippen molar-refractivity contribution in [3.05, 3.63) is 0 Å². The van der Waals surface area contributed by atoms with Crippen LogP contribution in [0.5, 0.6) is 0 Å². The Bertz CT molecular complexity index is 119. The molecule has 0 N–H and O–H groups in total. The fourth-order valence-electron chi connectivity index (χ4n) is 1.10. The molecule has 0 bridgehead atoms. The molecule has 1 fully saturated rings. The van der Waals surface area contributed by atoms with Crippen LogP contribution in [0.25, 0.3) is 0 Å². The molecule has 0 amide bonds. The fraction of sp³-hybridized carbons (Fsp3) is 0.857. The lowest BCUT2D eigenvalue weighted by atomic mass is 9.98. The molecule has 1 rings (SSSR count). The van der Waals surface area contributed by atoms with Crippen molar-refractivity contribution in [3.8, 4) is 0 Å². The summed E-state index contributed by atoms with van der Waals surface area (Å²) in [6.45, 7) is 0.672. The van der Waals surface area contributed by atoms with E-state index in [4.69, 9.17) is 16.3 Å². The van der Waals surface area contributed by atoms with Gasteiger partial charge in [0.1, 0.15) is 5.60 Å². The molecule has 0 aromatic carbocycles. The van der Waals surface area contributed by atoms with E-state index in [1.54, 1.807) is 0 Å². The zero-order valence-electron chi connectivity index (χ0n) is 5.81. The van der Waals surface area contributed by atoms with Crippen LogP contribution in [-0.2, 0) is 9.53 Å². The summed E-state index contributed by atoms with van der Waals surface area (Å²) in [6.07, 6.45) is 3.71. The molecule has 0 aromatic rings. The van der Waals surface area contributed by atoms with Gasteiger partial charge in [-0.2, -0.15) is 0 Å². The number of halogens is 1. The van der Waals surface area contributed by atoms with Gasteiger partial charge in [-0.1, -0.05) is 0 Å². The number of rotatable bonds is 2. The molecule has 2 nitrogen and oxygen atoms in total. The Hall–Kier alpha value is -0.0800. The molecule has 1 heterocycles. The third-order valence-corrected chi connectivity index (χ3v) is 2.28. The fourth-order valence-corrected chi connectivity index (χ4v) is 1.38. The van der Waals surface area contributed by atoms with Gasteiger partial charge in [0.25, 0.3) is 0 Å². The van der Waals surface area contributed by atoms with Crippen LogP contribution in [0.4, 0.5) is 0 Å². The first-order valence-electron chi connectivity index (χ1n) is 3.49. The minimum absolute atomic E-state index is 0.288. The summed E-state index contributed by atoms with van der Waals surface area (Å²) in [5.74, 6) is 0.288. The van der Waals surface area contributed by atoms with Crippen molar-refractivity contribution in [2.24, 2.45) is 0 Å². The summed E-state index contributed by atoms with van der Waals surface area (Å²) in [5.41, 5.74) is -0.653. The highest BCUT2D eigenvalue weighted by atomic mass is 35.5. The second kappa shape index (κ2) is 3.35. The Balaban J connectivity index is 2.52. The Morgan fingerprint density at radius 2 is 2.40 bits per heavy atom. The molecule has 0 spiro atoms. The van der Waals surface area contributed by atoms with Gasteiger partial charge in [-0.3, -0.25) is 0 Å². The molecule has 1 saturated heterocycles. The number of ether oxygens (including phenoxy) is 1. The van der Waals surface area contributed by atoms with Gasteiger partial charge in [0.05, 0.1) is 5.88 Å². The van der Waals surface area contributed by atoms with Crippen molar-refractivity contribution >= 4 is 17.9 Å². The van der Waals surface area contributed by atoms with Gasteiger partial charge in [0, 0.05) is 6.61 Å². The maximum absolute atomic E-state index is 10.5. The van der Waals surface area contributed by atoms with Crippen LogP contribution < -0.4 is 0 Å². The number of carbonyl (C=O) groups is 1. The summed E-state index contributed by atoms with van der Waals surface area (Å²) in [5, 5.41) is 0. The Kier molecular flexibility index (Phi) is 2.69. The molecule has 58 valence electrons. The number of hydrogen-bond donors (Lipinski definition) is 0. The minimum Gasteiger partial charge on any atom is -0.366 e. The monoisotopic (exact) mass is 162 g/mol. The summed E-state index contributed by atoms with van der Waals surface area (Å²) in [6, 6.07) is 0. The van der Waals surface area contributed by atoms with E-state index in [0.29, 0.717) is 6.61 Å². The number of carbonyl (C=O) groups excluding carboxylic acids is 1. The van der Waals surface area contributed by atoms with Crippen LogP contribution in [0.15, 0.2) is 0 Å². The van der Waals surface area contributed by atoms with Crippen molar-refractivity contribution in [1.29, 1.82) is 0 Å². The molecule has 1 aliphatic rings. The van der Waals surface area contributed by atoms with E-state index in [2.05, 4.69) is 0 Å². The van der Waals surface area contributed by atoms with E-state index in [-0.39, 0.29) is 5.88 Å². The van der Waals surface area contributed by atoms with Gasteiger partial charge in [-0.15, -0.1) is 11.6 Å². The molecular formula is C7H11ClO2. The Morgan fingerprint density at radius 1 is 1.60 bits per heavy atom. The molecule has 10 heavy (non-hydrogen) atoms. The lowest BCUT2D eigenvalue weighted by molar-refractivity contribution is -0.133. The zero-order chi connectivity index (χ0) is 7.45. The highest BCUT2D eigenvalue weighted by molar-refractivity contribution is 6.19. The Morgan fingerprint density at radius 3 is 2.70 bits per heavy atom. The normalized spacial score (nSPS) is 33.7. The molecule has 1 atom stereocenters. The van der Waals surface area contributed by atoms with Crippen LogP contribution in [0.2, 0.25) is 0 Å². The van der Waals surface area contributed by atoms with Gasteiger partial charge < -0.3 is 9.53 Å². The molecule has 0 saturated carbocycles. The second-order valence-electron chi connectivity index (χ2n) is 2.62. The molecule has 0 aliphatic carbocycles. The first-order chi connectivity index (χ1) is 4.83. The minimum atomic E-state index is -0.653. The first-order valence-corrected chi connectivity index (χ1v) is 4.03. The predicted octanol–water partition coefficient (Wildman–Crippen LogP) is 1.36. The maximum atomic E-state index is 10.5. The van der Waals surface area contributed by atoms with E-state index in [1.807, 2.05) is 0 Å². The number of alkyl halides is 1. The average Bonchev–Trinajstić information content (AvgIpc) is 2.06. The molecule has 1 unspecified atom stereocenters. The summed E-state index contributed by atoms with van der Waals surface area (Å²) in [7, 11) is 0. The first kappa shape index (κ1) is 8.02. The SMILES string of the molecule is O=CC1(CCl)CCCCO1. The topological polar surface area (TPSA) is 26.3 Å². The van der Waals surface area contributed by atoms with Crippen molar-refractivity contribution < 1.29 is 9.53 Å². The van der Waals surface area contributed by atoms with Gasteiger partial charge in [0.15, 0.2) is 6.29 Å². The largest absolute Gasteiger partial charge is 0.366 e. The van der Waals surface area contributed by atoms with E-state index in [0.717, 1.165) is 25.5 Å². The van der Waals surface area contributed by atoms with E-state index >= 15 is 0 Å². The number of aldehydes is 1. The van der Waals surface area contributed by atoms with Crippen molar-refractivity contribution in [2.45, 2.75) is 24.9 Å². The van der Waals surface area contributed by atoms with Crippen LogP contribution >= 0.6 is 11.6 Å². The standard InChI is InChI=1S/C7H11ClO2/c8-5-7(6-9)3-1-2-4-10-7/h6H,1-5H2. The van der Waals surface area contributed by atoms with Crippen LogP contribution in [0, 0.1) is 0 Å². The quantitative estimate of drug-likeness (QED) is 0.453. The van der Waals surface area contributed by atoms with Crippen LogP contribution in [0.3, 0.4) is 0 Å². The van der Waals surface area contributed by atoms with Gasteiger partial charge in [0.2, 0.25) is 0 Å².